The van der Waals surface area contributed by atoms with Gasteiger partial charge in [0, 0.05) is 28.3 Å². The second-order valence-electron chi connectivity index (χ2n) is 18.0. The number of aliphatic imine (C=N–C) groups is 1. The van der Waals surface area contributed by atoms with E-state index in [2.05, 4.69) is 224 Å². The summed E-state index contributed by atoms with van der Waals surface area (Å²) in [6.45, 7) is 0. The van der Waals surface area contributed by atoms with Crippen molar-refractivity contribution in [3.8, 4) is 11.4 Å². The summed E-state index contributed by atoms with van der Waals surface area (Å²) in [5.41, 5.74) is 14.7. The van der Waals surface area contributed by atoms with Crippen LogP contribution in [0.1, 0.15) is 90.1 Å². The summed E-state index contributed by atoms with van der Waals surface area (Å²) in [4.78, 5) is 21.0. The lowest BCUT2D eigenvalue weighted by molar-refractivity contribution is 0.482. The number of rotatable bonds is 10. The van der Waals surface area contributed by atoms with Crippen LogP contribution in [0.5, 0.6) is 0 Å². The Bertz CT molecular complexity index is 3110. The number of benzene rings is 4. The maximum absolute atomic E-state index is 5.30. The van der Waals surface area contributed by atoms with Gasteiger partial charge in [-0.3, -0.25) is 4.99 Å². The summed E-state index contributed by atoms with van der Waals surface area (Å²) >= 11 is 0. The van der Waals surface area contributed by atoms with Gasteiger partial charge in [0.15, 0.2) is 17.5 Å². The molecule has 0 fully saturated rings. The van der Waals surface area contributed by atoms with Crippen LogP contribution in [0.3, 0.4) is 0 Å². The fourth-order valence-corrected chi connectivity index (χ4v) is 9.80. The van der Waals surface area contributed by atoms with E-state index in [1.165, 1.54) is 27.8 Å². The Balaban J connectivity index is 0.916. The van der Waals surface area contributed by atoms with E-state index in [4.69, 9.17) is 19.9 Å². The molecular formula is C62H53N5. The highest BCUT2D eigenvalue weighted by Crippen LogP contribution is 2.37. The van der Waals surface area contributed by atoms with E-state index < -0.39 is 0 Å². The molecule has 0 radical (unpaired) electrons. The lowest BCUT2D eigenvalue weighted by Crippen LogP contribution is -2.27. The van der Waals surface area contributed by atoms with Gasteiger partial charge in [-0.2, -0.15) is 0 Å². The minimum Gasteiger partial charge on any atom is -0.360 e. The normalized spacial score (nSPS) is 22.6. The van der Waals surface area contributed by atoms with E-state index >= 15 is 0 Å². The van der Waals surface area contributed by atoms with Gasteiger partial charge in [-0.05, 0) is 113 Å². The Morgan fingerprint density at radius 1 is 0.567 bits per heavy atom. The summed E-state index contributed by atoms with van der Waals surface area (Å²) in [7, 11) is 0. The Morgan fingerprint density at radius 3 is 2.19 bits per heavy atom. The number of aromatic nitrogens is 3. The molecule has 6 aliphatic rings. The van der Waals surface area contributed by atoms with Gasteiger partial charge in [-0.1, -0.05) is 200 Å². The van der Waals surface area contributed by atoms with Crippen LogP contribution in [0.2, 0.25) is 0 Å². The number of hydrogen-bond acceptors (Lipinski definition) is 5. The van der Waals surface area contributed by atoms with Gasteiger partial charge in [0.05, 0.1) is 5.71 Å². The molecule has 4 atom stereocenters. The first kappa shape index (κ1) is 41.9. The van der Waals surface area contributed by atoms with E-state index in [9.17, 15) is 0 Å². The summed E-state index contributed by atoms with van der Waals surface area (Å²) in [6.07, 6.45) is 46.1. The zero-order valence-corrected chi connectivity index (χ0v) is 37.6. The second kappa shape index (κ2) is 19.4. The molecule has 5 heteroatoms. The maximum atomic E-state index is 5.30. The third kappa shape index (κ3) is 9.64. The van der Waals surface area contributed by atoms with Gasteiger partial charge in [0.25, 0.3) is 0 Å². The molecular weight excluding hydrogens is 815 g/mol. The Labute approximate surface area is 394 Å². The topological polar surface area (TPSA) is 63.1 Å². The molecule has 0 saturated heterocycles. The van der Waals surface area contributed by atoms with E-state index in [-0.39, 0.29) is 12.1 Å². The molecule has 0 amide bonds. The molecule has 2 heterocycles. The molecule has 67 heavy (non-hydrogen) atoms. The molecule has 0 spiro atoms. The molecule has 5 aromatic rings. The van der Waals surface area contributed by atoms with Crippen molar-refractivity contribution < 1.29 is 0 Å². The molecule has 4 unspecified atom stereocenters. The highest BCUT2D eigenvalue weighted by atomic mass is 15.1. The predicted molar refractivity (Wildman–Crippen MR) is 277 cm³/mol. The Kier molecular flexibility index (Phi) is 12.1. The Hall–Kier alpha value is -7.76. The minimum absolute atomic E-state index is 0.151. The molecule has 1 N–H and O–H groups in total. The molecule has 4 aromatic carbocycles. The molecule has 5 aliphatic carbocycles. The van der Waals surface area contributed by atoms with Crippen molar-refractivity contribution >= 4 is 28.5 Å². The van der Waals surface area contributed by atoms with Crippen LogP contribution in [0.25, 0.3) is 34.2 Å². The van der Waals surface area contributed by atoms with Gasteiger partial charge in [-0.25, -0.2) is 15.0 Å². The average Bonchev–Trinajstić information content (AvgIpc) is 3.42. The highest BCUT2D eigenvalue weighted by Gasteiger charge is 2.25. The van der Waals surface area contributed by atoms with Crippen LogP contribution < -0.4 is 5.32 Å². The molecule has 0 bridgehead atoms. The summed E-state index contributed by atoms with van der Waals surface area (Å²) in [5, 5.41) is 3.81. The monoisotopic (exact) mass is 867 g/mol. The first-order valence-corrected chi connectivity index (χ1v) is 23.8. The third-order valence-electron chi connectivity index (χ3n) is 13.4. The largest absolute Gasteiger partial charge is 0.360 e. The summed E-state index contributed by atoms with van der Waals surface area (Å²) in [6, 6.07) is 38.7. The van der Waals surface area contributed by atoms with Crippen LogP contribution in [-0.4, -0.2) is 20.7 Å². The lowest BCUT2D eigenvalue weighted by atomic mass is 9.80. The van der Waals surface area contributed by atoms with Crippen LogP contribution in [0.15, 0.2) is 234 Å². The minimum atomic E-state index is -0.222. The predicted octanol–water partition coefficient (Wildman–Crippen LogP) is 14.4. The maximum Gasteiger partial charge on any atom is 0.164 e. The Morgan fingerprint density at radius 2 is 1.36 bits per heavy atom. The van der Waals surface area contributed by atoms with Crippen LogP contribution >= 0.6 is 0 Å². The zero-order chi connectivity index (χ0) is 44.8. The van der Waals surface area contributed by atoms with E-state index in [0.29, 0.717) is 23.5 Å². The van der Waals surface area contributed by atoms with Crippen molar-refractivity contribution in [1.82, 2.24) is 20.3 Å². The average molecular weight is 868 g/mol. The number of hydrogen-bond donors (Lipinski definition) is 1. The van der Waals surface area contributed by atoms with Gasteiger partial charge in [0.1, 0.15) is 6.17 Å². The van der Waals surface area contributed by atoms with Crippen molar-refractivity contribution in [2.75, 3.05) is 0 Å². The van der Waals surface area contributed by atoms with Gasteiger partial charge < -0.3 is 5.32 Å². The number of nitrogens with zero attached hydrogens (tertiary/aromatic N) is 4. The molecule has 5 nitrogen and oxygen atoms in total. The smallest absolute Gasteiger partial charge is 0.164 e. The summed E-state index contributed by atoms with van der Waals surface area (Å²) in [5.74, 6) is 3.13. The quantitative estimate of drug-likeness (QED) is 0.152. The van der Waals surface area contributed by atoms with Gasteiger partial charge >= 0.3 is 0 Å². The summed E-state index contributed by atoms with van der Waals surface area (Å²) < 4.78 is 0. The number of allylic oxidation sites excluding steroid dienone is 21. The lowest BCUT2D eigenvalue weighted by Gasteiger charge is -2.27. The molecule has 11 rings (SSSR count). The molecule has 326 valence electrons. The van der Waals surface area contributed by atoms with Crippen LogP contribution in [0, 0.1) is 11.8 Å². The van der Waals surface area contributed by atoms with Crippen LogP contribution in [0.4, 0.5) is 0 Å². The van der Waals surface area contributed by atoms with Crippen molar-refractivity contribution in [1.29, 1.82) is 0 Å². The fourth-order valence-electron chi connectivity index (χ4n) is 9.80. The first-order chi connectivity index (χ1) is 33.1. The van der Waals surface area contributed by atoms with Crippen molar-refractivity contribution in [3.05, 3.63) is 269 Å². The van der Waals surface area contributed by atoms with Crippen molar-refractivity contribution in [2.45, 2.75) is 50.6 Å². The highest BCUT2D eigenvalue weighted by molar-refractivity contribution is 6.10. The molecule has 0 saturated carbocycles. The first-order valence-electron chi connectivity index (χ1n) is 23.8. The molecule has 1 aliphatic heterocycles. The zero-order valence-electron chi connectivity index (χ0n) is 37.6. The van der Waals surface area contributed by atoms with Crippen molar-refractivity contribution in [3.63, 3.8) is 0 Å². The van der Waals surface area contributed by atoms with E-state index in [1.807, 2.05) is 0 Å². The third-order valence-corrected chi connectivity index (χ3v) is 13.4. The van der Waals surface area contributed by atoms with Crippen LogP contribution in [-0.2, 0) is 0 Å². The number of nitrogens with one attached hydrogen (secondary N) is 1. The van der Waals surface area contributed by atoms with Gasteiger partial charge in [-0.15, -0.1) is 0 Å². The molecule has 1 aromatic heterocycles. The fraction of sp³-hybridized carbons (Fsp3) is 0.161. The van der Waals surface area contributed by atoms with Crippen molar-refractivity contribution in [2.24, 2.45) is 16.8 Å². The SMILES string of the molecule is C1=CCC(C2C=CC=C(c3nc(C4=CC/C(=C\c5ccccc5)C=C4)nc(-c4cccc(C5C=C(C6=CC(c7cccc(C8=CCCC=C8)c7)=NC(c7ccccc7)N6)C=CC5)c4)n3)C2)C=C1. The van der Waals surface area contributed by atoms with Gasteiger partial charge in [0.2, 0.25) is 0 Å². The van der Waals surface area contributed by atoms with E-state index in [1.54, 1.807) is 0 Å². The van der Waals surface area contributed by atoms with E-state index in [0.717, 1.165) is 89.2 Å². The standard InChI is InChI=1S/C62H53N5/c1-5-17-43(18-6-1)37-44-33-35-48(36-34-44)60-65-61(55-31-15-26-50(40-55)46-21-9-3-10-22-46)67-62(66-60)56-32-16-28-52(41-56)51-27-14-30-54(39-51)58-42-57(63-59(64-58)47-23-11-4-12-24-47)53-29-13-25-49(38-53)45-19-7-2-8-20-45/h1,3-7,9-21,23-26,28-33,35-39,41-42,46,50-51,59,64H,2,8,22,27,34,40H2/b44-37-. The second-order valence-corrected chi connectivity index (χ2v) is 18.0.